The molecule has 0 atom stereocenters. The number of hydrogen-bond acceptors (Lipinski definition) is 3. The van der Waals surface area contributed by atoms with Gasteiger partial charge in [-0.3, -0.25) is 4.79 Å². The van der Waals surface area contributed by atoms with Gasteiger partial charge in [0.2, 0.25) is 0 Å². The Morgan fingerprint density at radius 1 is 1.00 bits per heavy atom. The fourth-order valence-corrected chi connectivity index (χ4v) is 2.99. The van der Waals surface area contributed by atoms with Crippen LogP contribution in [-0.4, -0.2) is 10.9 Å². The number of carbonyl (C=O) groups excluding carboxylic acids is 1. The van der Waals surface area contributed by atoms with E-state index in [-0.39, 0.29) is 5.91 Å². The van der Waals surface area contributed by atoms with Crippen LogP contribution in [0.25, 0.3) is 22.4 Å². The predicted molar refractivity (Wildman–Crippen MR) is 103 cm³/mol. The quantitative estimate of drug-likeness (QED) is 0.545. The van der Waals surface area contributed by atoms with Gasteiger partial charge in [-0.1, -0.05) is 30.3 Å². The second kappa shape index (κ2) is 6.48. The number of pyridine rings is 1. The first-order valence-corrected chi connectivity index (χ1v) is 8.45. The molecule has 0 radical (unpaired) electrons. The number of anilines is 1. The molecule has 4 aromatic rings. The van der Waals surface area contributed by atoms with Crippen molar-refractivity contribution < 1.29 is 9.21 Å². The van der Waals surface area contributed by atoms with E-state index < -0.39 is 0 Å². The number of benzene rings is 2. The van der Waals surface area contributed by atoms with Gasteiger partial charge in [0.1, 0.15) is 5.69 Å². The Morgan fingerprint density at radius 3 is 2.65 bits per heavy atom. The highest BCUT2D eigenvalue weighted by Gasteiger charge is 2.16. The average Bonchev–Trinajstić information content (AvgIpc) is 3.19. The van der Waals surface area contributed by atoms with Gasteiger partial charge in [0.25, 0.3) is 5.91 Å². The predicted octanol–water partition coefficient (Wildman–Crippen LogP) is 5.36. The molecule has 4 nitrogen and oxygen atoms in total. The number of carbonyl (C=O) groups is 1. The standard InChI is InChI=1S/C22H18N2O2/c1-14-7-5-10-18(15(14)2)24-22(25)17-13-20(21-11-6-12-26-21)23-19-9-4-3-8-16(17)19/h3-13H,1-2H3,(H,24,25). The molecular formula is C22H18N2O2. The summed E-state index contributed by atoms with van der Waals surface area (Å²) in [6.45, 7) is 4.03. The van der Waals surface area contributed by atoms with Gasteiger partial charge in [0.05, 0.1) is 17.3 Å². The maximum Gasteiger partial charge on any atom is 0.256 e. The number of para-hydroxylation sites is 1. The number of amides is 1. The lowest BCUT2D eigenvalue weighted by molar-refractivity contribution is 0.102. The Bertz CT molecular complexity index is 1100. The van der Waals surface area contributed by atoms with Gasteiger partial charge in [0, 0.05) is 11.1 Å². The van der Waals surface area contributed by atoms with Crippen molar-refractivity contribution in [3.05, 3.63) is 83.6 Å². The highest BCUT2D eigenvalue weighted by atomic mass is 16.3. The molecule has 0 aliphatic rings. The van der Waals surface area contributed by atoms with Crippen molar-refractivity contribution in [2.24, 2.45) is 0 Å². The molecule has 0 aliphatic heterocycles. The van der Waals surface area contributed by atoms with Crippen LogP contribution in [0.3, 0.4) is 0 Å². The van der Waals surface area contributed by atoms with E-state index in [0.29, 0.717) is 17.0 Å². The fraction of sp³-hybridized carbons (Fsp3) is 0.0909. The molecule has 0 fully saturated rings. The zero-order chi connectivity index (χ0) is 18.1. The van der Waals surface area contributed by atoms with Gasteiger partial charge >= 0.3 is 0 Å². The first-order chi connectivity index (χ1) is 12.6. The first-order valence-electron chi connectivity index (χ1n) is 8.45. The molecule has 2 aromatic heterocycles. The van der Waals surface area contributed by atoms with Crippen molar-refractivity contribution in [3.63, 3.8) is 0 Å². The van der Waals surface area contributed by atoms with Crippen LogP contribution in [0.1, 0.15) is 21.5 Å². The highest BCUT2D eigenvalue weighted by molar-refractivity contribution is 6.13. The minimum absolute atomic E-state index is 0.162. The maximum absolute atomic E-state index is 13.0. The number of furan rings is 1. The summed E-state index contributed by atoms with van der Waals surface area (Å²) >= 11 is 0. The van der Waals surface area contributed by atoms with E-state index in [2.05, 4.69) is 10.3 Å². The highest BCUT2D eigenvalue weighted by Crippen LogP contribution is 2.26. The monoisotopic (exact) mass is 342 g/mol. The van der Waals surface area contributed by atoms with Crippen LogP contribution in [0.5, 0.6) is 0 Å². The topological polar surface area (TPSA) is 55.1 Å². The zero-order valence-electron chi connectivity index (χ0n) is 14.6. The molecule has 26 heavy (non-hydrogen) atoms. The van der Waals surface area contributed by atoms with Crippen LogP contribution < -0.4 is 5.32 Å². The largest absolute Gasteiger partial charge is 0.463 e. The SMILES string of the molecule is Cc1cccc(NC(=O)c2cc(-c3ccco3)nc3ccccc23)c1C. The Morgan fingerprint density at radius 2 is 1.85 bits per heavy atom. The molecule has 0 saturated carbocycles. The fourth-order valence-electron chi connectivity index (χ4n) is 2.99. The third-order valence-corrected chi connectivity index (χ3v) is 4.59. The number of aryl methyl sites for hydroxylation is 1. The van der Waals surface area contributed by atoms with E-state index in [1.807, 2.05) is 68.4 Å². The zero-order valence-corrected chi connectivity index (χ0v) is 14.6. The normalized spacial score (nSPS) is 10.8. The second-order valence-electron chi connectivity index (χ2n) is 6.25. The van der Waals surface area contributed by atoms with E-state index in [0.717, 1.165) is 27.7 Å². The molecule has 0 unspecified atom stereocenters. The third kappa shape index (κ3) is 2.86. The van der Waals surface area contributed by atoms with Crippen LogP contribution in [0.2, 0.25) is 0 Å². The summed E-state index contributed by atoms with van der Waals surface area (Å²) in [5.74, 6) is 0.474. The molecule has 2 heterocycles. The molecule has 0 saturated heterocycles. The maximum atomic E-state index is 13.0. The molecule has 128 valence electrons. The van der Waals surface area contributed by atoms with Crippen molar-refractivity contribution in [2.75, 3.05) is 5.32 Å². The number of aromatic nitrogens is 1. The van der Waals surface area contributed by atoms with Crippen LogP contribution in [0.15, 0.2) is 71.3 Å². The molecule has 1 amide bonds. The Balaban J connectivity index is 1.82. The van der Waals surface area contributed by atoms with E-state index in [1.54, 1.807) is 12.3 Å². The minimum Gasteiger partial charge on any atom is -0.463 e. The van der Waals surface area contributed by atoms with Crippen LogP contribution in [0, 0.1) is 13.8 Å². The third-order valence-electron chi connectivity index (χ3n) is 4.59. The van der Waals surface area contributed by atoms with Crippen molar-refractivity contribution in [3.8, 4) is 11.5 Å². The number of nitrogens with one attached hydrogen (secondary N) is 1. The molecule has 1 N–H and O–H groups in total. The molecule has 0 aliphatic carbocycles. The van der Waals surface area contributed by atoms with Crippen LogP contribution in [-0.2, 0) is 0 Å². The summed E-state index contributed by atoms with van der Waals surface area (Å²) in [5, 5.41) is 3.85. The Labute approximate surface area is 151 Å². The summed E-state index contributed by atoms with van der Waals surface area (Å²) in [4.78, 5) is 17.7. The lowest BCUT2D eigenvalue weighted by atomic mass is 10.0. The van der Waals surface area contributed by atoms with Gasteiger partial charge < -0.3 is 9.73 Å². The smallest absolute Gasteiger partial charge is 0.256 e. The lowest BCUT2D eigenvalue weighted by Crippen LogP contribution is -2.14. The number of hydrogen-bond donors (Lipinski definition) is 1. The van der Waals surface area contributed by atoms with Crippen molar-refractivity contribution >= 4 is 22.5 Å². The van der Waals surface area contributed by atoms with Crippen LogP contribution in [0.4, 0.5) is 5.69 Å². The van der Waals surface area contributed by atoms with E-state index in [9.17, 15) is 4.79 Å². The first kappa shape index (κ1) is 16.1. The van der Waals surface area contributed by atoms with E-state index in [4.69, 9.17) is 4.42 Å². The molecule has 0 spiro atoms. The van der Waals surface area contributed by atoms with Crippen molar-refractivity contribution in [2.45, 2.75) is 13.8 Å². The minimum atomic E-state index is -0.162. The molecular weight excluding hydrogens is 324 g/mol. The van der Waals surface area contributed by atoms with E-state index >= 15 is 0 Å². The molecule has 4 rings (SSSR count). The second-order valence-corrected chi connectivity index (χ2v) is 6.25. The lowest BCUT2D eigenvalue weighted by Gasteiger charge is -2.12. The van der Waals surface area contributed by atoms with Gasteiger partial charge in [-0.15, -0.1) is 0 Å². The number of nitrogens with zero attached hydrogens (tertiary/aromatic N) is 1. The van der Waals surface area contributed by atoms with Crippen molar-refractivity contribution in [1.29, 1.82) is 0 Å². The molecule has 4 heteroatoms. The number of rotatable bonds is 3. The molecule has 2 aromatic carbocycles. The van der Waals surface area contributed by atoms with Gasteiger partial charge in [0.15, 0.2) is 5.76 Å². The van der Waals surface area contributed by atoms with Gasteiger partial charge in [-0.05, 0) is 55.3 Å². The number of fused-ring (bicyclic) bond motifs is 1. The molecule has 0 bridgehead atoms. The Hall–Kier alpha value is -3.40. The van der Waals surface area contributed by atoms with Gasteiger partial charge in [-0.2, -0.15) is 0 Å². The van der Waals surface area contributed by atoms with E-state index in [1.165, 1.54) is 0 Å². The summed E-state index contributed by atoms with van der Waals surface area (Å²) in [5.41, 5.74) is 4.98. The van der Waals surface area contributed by atoms with Crippen molar-refractivity contribution in [1.82, 2.24) is 4.98 Å². The summed E-state index contributed by atoms with van der Waals surface area (Å²) < 4.78 is 5.46. The summed E-state index contributed by atoms with van der Waals surface area (Å²) in [6, 6.07) is 18.9. The van der Waals surface area contributed by atoms with Crippen LogP contribution >= 0.6 is 0 Å². The van der Waals surface area contributed by atoms with Gasteiger partial charge in [-0.25, -0.2) is 4.98 Å². The Kier molecular flexibility index (Phi) is 4.01. The average molecular weight is 342 g/mol. The summed E-state index contributed by atoms with van der Waals surface area (Å²) in [7, 11) is 0. The summed E-state index contributed by atoms with van der Waals surface area (Å²) in [6.07, 6.45) is 1.60.